The molecule has 7 heteroatoms. The lowest BCUT2D eigenvalue weighted by Crippen LogP contribution is -2.46. The summed E-state index contributed by atoms with van der Waals surface area (Å²) in [5, 5.41) is 0. The highest BCUT2D eigenvalue weighted by atomic mass is 35.5. The zero-order chi connectivity index (χ0) is 12.2. The number of halogens is 1. The van der Waals surface area contributed by atoms with Gasteiger partial charge in [-0.1, -0.05) is 6.92 Å². The molecule has 0 heterocycles. The summed E-state index contributed by atoms with van der Waals surface area (Å²) in [6.07, 6.45) is 4.34. The third kappa shape index (κ3) is 5.52. The van der Waals surface area contributed by atoms with Crippen LogP contribution in [0.15, 0.2) is 0 Å². The number of nitrogens with zero attached hydrogens (tertiary/aromatic N) is 1. The van der Waals surface area contributed by atoms with E-state index in [1.165, 1.54) is 4.31 Å². The van der Waals surface area contributed by atoms with Crippen molar-refractivity contribution in [1.29, 1.82) is 0 Å². The number of rotatable bonds is 5. The molecule has 0 bridgehead atoms. The van der Waals surface area contributed by atoms with Crippen molar-refractivity contribution in [2.75, 3.05) is 13.6 Å². The van der Waals surface area contributed by atoms with Crippen molar-refractivity contribution in [2.45, 2.75) is 51.1 Å². The van der Waals surface area contributed by atoms with Crippen LogP contribution in [0, 0.1) is 0 Å². The van der Waals surface area contributed by atoms with Crippen molar-refractivity contribution in [3.05, 3.63) is 0 Å². The van der Waals surface area contributed by atoms with Crippen LogP contribution < -0.4 is 10.5 Å². The van der Waals surface area contributed by atoms with Crippen LogP contribution >= 0.6 is 12.4 Å². The van der Waals surface area contributed by atoms with E-state index in [0.717, 1.165) is 32.1 Å². The van der Waals surface area contributed by atoms with E-state index in [0.29, 0.717) is 6.54 Å². The average molecular weight is 286 g/mol. The van der Waals surface area contributed by atoms with E-state index in [4.69, 9.17) is 5.73 Å². The van der Waals surface area contributed by atoms with E-state index in [1.54, 1.807) is 7.05 Å². The van der Waals surface area contributed by atoms with Crippen molar-refractivity contribution in [3.63, 3.8) is 0 Å². The van der Waals surface area contributed by atoms with Crippen LogP contribution in [0.25, 0.3) is 0 Å². The Morgan fingerprint density at radius 3 is 2.29 bits per heavy atom. The minimum absolute atomic E-state index is 0. The summed E-state index contributed by atoms with van der Waals surface area (Å²) in [6.45, 7) is 2.52. The maximum Gasteiger partial charge on any atom is 0.279 e. The number of nitrogens with one attached hydrogen (secondary N) is 1. The molecule has 17 heavy (non-hydrogen) atoms. The SMILES string of the molecule is CCCN(C)S(=O)(=O)NC1CCC(N)CC1.Cl. The molecule has 0 atom stereocenters. The Hall–Kier alpha value is 0.120. The van der Waals surface area contributed by atoms with E-state index in [2.05, 4.69) is 4.72 Å². The summed E-state index contributed by atoms with van der Waals surface area (Å²) in [5.41, 5.74) is 5.78. The summed E-state index contributed by atoms with van der Waals surface area (Å²) in [6, 6.07) is 0.304. The largest absolute Gasteiger partial charge is 0.328 e. The van der Waals surface area contributed by atoms with Gasteiger partial charge in [-0.25, -0.2) is 0 Å². The molecule has 1 fully saturated rings. The molecule has 0 saturated heterocycles. The molecule has 0 spiro atoms. The van der Waals surface area contributed by atoms with E-state index in [-0.39, 0.29) is 24.5 Å². The van der Waals surface area contributed by atoms with Crippen molar-refractivity contribution < 1.29 is 8.42 Å². The van der Waals surface area contributed by atoms with Gasteiger partial charge in [0.25, 0.3) is 10.2 Å². The van der Waals surface area contributed by atoms with Crippen molar-refractivity contribution in [1.82, 2.24) is 9.03 Å². The molecular weight excluding hydrogens is 262 g/mol. The lowest BCUT2D eigenvalue weighted by molar-refractivity contribution is 0.362. The van der Waals surface area contributed by atoms with Gasteiger partial charge in [-0.2, -0.15) is 17.4 Å². The van der Waals surface area contributed by atoms with E-state index >= 15 is 0 Å². The monoisotopic (exact) mass is 285 g/mol. The van der Waals surface area contributed by atoms with Gasteiger partial charge in [0.15, 0.2) is 0 Å². The molecular formula is C10H24ClN3O2S. The first-order valence-electron chi connectivity index (χ1n) is 5.95. The molecule has 0 aliphatic heterocycles. The molecule has 0 unspecified atom stereocenters. The van der Waals surface area contributed by atoms with Gasteiger partial charge in [0, 0.05) is 25.7 Å². The van der Waals surface area contributed by atoms with Crippen molar-refractivity contribution >= 4 is 22.6 Å². The molecule has 0 amide bonds. The number of hydrogen-bond donors (Lipinski definition) is 2. The highest BCUT2D eigenvalue weighted by Gasteiger charge is 2.25. The second kappa shape index (κ2) is 7.53. The minimum Gasteiger partial charge on any atom is -0.328 e. The smallest absolute Gasteiger partial charge is 0.279 e. The summed E-state index contributed by atoms with van der Waals surface area (Å²) < 4.78 is 27.8. The van der Waals surface area contributed by atoms with Gasteiger partial charge in [0.2, 0.25) is 0 Å². The zero-order valence-corrected chi connectivity index (χ0v) is 12.2. The Kier molecular flexibility index (Phi) is 7.58. The van der Waals surface area contributed by atoms with E-state index in [9.17, 15) is 8.42 Å². The summed E-state index contributed by atoms with van der Waals surface area (Å²) in [7, 11) is -1.69. The molecule has 1 aliphatic carbocycles. The van der Waals surface area contributed by atoms with Gasteiger partial charge in [0.05, 0.1) is 0 Å². The molecule has 3 N–H and O–H groups in total. The normalized spacial score (nSPS) is 25.6. The average Bonchev–Trinajstić information content (AvgIpc) is 2.21. The van der Waals surface area contributed by atoms with Crippen molar-refractivity contribution in [2.24, 2.45) is 5.73 Å². The summed E-state index contributed by atoms with van der Waals surface area (Å²) >= 11 is 0. The molecule has 0 aromatic heterocycles. The van der Waals surface area contributed by atoms with Crippen molar-refractivity contribution in [3.8, 4) is 0 Å². The van der Waals surface area contributed by atoms with E-state index in [1.807, 2.05) is 6.92 Å². The Balaban J connectivity index is 0.00000256. The molecule has 0 aromatic rings. The highest BCUT2D eigenvalue weighted by molar-refractivity contribution is 7.87. The van der Waals surface area contributed by atoms with Crippen LogP contribution in [0.3, 0.4) is 0 Å². The third-order valence-electron chi connectivity index (χ3n) is 3.04. The predicted molar refractivity (Wildman–Crippen MR) is 72.5 cm³/mol. The summed E-state index contributed by atoms with van der Waals surface area (Å²) in [5.74, 6) is 0. The Labute approximate surface area is 111 Å². The van der Waals surface area contributed by atoms with Gasteiger partial charge in [-0.05, 0) is 32.1 Å². The summed E-state index contributed by atoms with van der Waals surface area (Å²) in [4.78, 5) is 0. The van der Waals surface area contributed by atoms with Gasteiger partial charge < -0.3 is 5.73 Å². The fourth-order valence-corrected chi connectivity index (χ4v) is 3.23. The number of hydrogen-bond acceptors (Lipinski definition) is 3. The quantitative estimate of drug-likeness (QED) is 0.786. The van der Waals surface area contributed by atoms with Gasteiger partial charge in [-0.3, -0.25) is 0 Å². The van der Waals surface area contributed by atoms with Gasteiger partial charge in [0.1, 0.15) is 0 Å². The van der Waals surface area contributed by atoms with E-state index < -0.39 is 10.2 Å². The maximum atomic E-state index is 11.9. The maximum absolute atomic E-state index is 11.9. The minimum atomic E-state index is -3.30. The number of nitrogens with two attached hydrogens (primary N) is 1. The zero-order valence-electron chi connectivity index (χ0n) is 10.6. The van der Waals surface area contributed by atoms with Crippen LogP contribution in [0.1, 0.15) is 39.0 Å². The Morgan fingerprint density at radius 2 is 1.82 bits per heavy atom. The van der Waals surface area contributed by atoms with Crippen LogP contribution in [-0.2, 0) is 10.2 Å². The van der Waals surface area contributed by atoms with Crippen LogP contribution in [0.4, 0.5) is 0 Å². The van der Waals surface area contributed by atoms with Crippen LogP contribution in [0.5, 0.6) is 0 Å². The Bertz CT molecular complexity index is 303. The van der Waals surface area contributed by atoms with Crippen LogP contribution in [0.2, 0.25) is 0 Å². The van der Waals surface area contributed by atoms with Gasteiger partial charge in [-0.15, -0.1) is 12.4 Å². The lowest BCUT2D eigenvalue weighted by atomic mass is 9.93. The molecule has 1 saturated carbocycles. The second-order valence-corrected chi connectivity index (χ2v) is 6.37. The first kappa shape index (κ1) is 17.1. The molecule has 1 aliphatic rings. The Morgan fingerprint density at radius 1 is 1.29 bits per heavy atom. The fourth-order valence-electron chi connectivity index (χ4n) is 1.97. The fraction of sp³-hybridized carbons (Fsp3) is 1.00. The standard InChI is InChI=1S/C10H23N3O2S.ClH/c1-3-8-13(2)16(14,15)12-10-6-4-9(11)5-7-10;/h9-10,12H,3-8,11H2,1-2H3;1H. The topological polar surface area (TPSA) is 75.4 Å². The van der Waals surface area contributed by atoms with Gasteiger partial charge >= 0.3 is 0 Å². The second-order valence-electron chi connectivity index (χ2n) is 4.56. The first-order chi connectivity index (χ1) is 7.45. The lowest BCUT2D eigenvalue weighted by Gasteiger charge is -2.28. The molecule has 0 aromatic carbocycles. The molecule has 1 rings (SSSR count). The van der Waals surface area contributed by atoms with Crippen LogP contribution in [-0.4, -0.2) is 38.4 Å². The molecule has 0 radical (unpaired) electrons. The molecule has 104 valence electrons. The predicted octanol–water partition coefficient (Wildman–Crippen LogP) is 0.854. The third-order valence-corrected chi connectivity index (χ3v) is 4.67. The highest BCUT2D eigenvalue weighted by Crippen LogP contribution is 2.18. The first-order valence-corrected chi connectivity index (χ1v) is 7.39. The molecule has 5 nitrogen and oxygen atoms in total.